The van der Waals surface area contributed by atoms with Crippen LogP contribution >= 0.6 is 12.2 Å². The van der Waals surface area contributed by atoms with Gasteiger partial charge in [0.1, 0.15) is 0 Å². The Labute approximate surface area is 108 Å². The number of para-hydroxylation sites is 1. The maximum atomic E-state index is 5.51. The molecule has 2 rings (SSSR count). The second kappa shape index (κ2) is 5.98. The molecule has 0 aliphatic carbocycles. The van der Waals surface area contributed by atoms with E-state index >= 15 is 0 Å². The third-order valence-corrected chi connectivity index (χ3v) is 3.34. The van der Waals surface area contributed by atoms with Crippen LogP contribution in [0.2, 0.25) is 0 Å². The average Bonchev–Trinajstić information content (AvgIpc) is 2.74. The molecular formula is C13H18N2OS. The highest BCUT2D eigenvalue weighted by Crippen LogP contribution is 2.19. The van der Waals surface area contributed by atoms with Crippen LogP contribution in [-0.4, -0.2) is 24.4 Å². The molecule has 0 bridgehead atoms. The monoisotopic (exact) mass is 250 g/mol. The highest BCUT2D eigenvalue weighted by atomic mass is 32.1. The van der Waals surface area contributed by atoms with Crippen LogP contribution in [0.15, 0.2) is 30.3 Å². The summed E-state index contributed by atoms with van der Waals surface area (Å²) in [4.78, 5) is 0. The lowest BCUT2D eigenvalue weighted by molar-refractivity contribution is 0.106. The molecule has 92 valence electrons. The van der Waals surface area contributed by atoms with Crippen molar-refractivity contribution in [3.05, 3.63) is 30.3 Å². The van der Waals surface area contributed by atoms with Crippen molar-refractivity contribution in [1.29, 1.82) is 0 Å². The van der Waals surface area contributed by atoms with Crippen LogP contribution in [0.4, 0.5) is 5.69 Å². The van der Waals surface area contributed by atoms with Gasteiger partial charge in [-0.1, -0.05) is 18.2 Å². The van der Waals surface area contributed by atoms with Crippen LogP contribution in [0.1, 0.15) is 13.3 Å². The van der Waals surface area contributed by atoms with E-state index in [1.165, 1.54) is 0 Å². The first-order chi connectivity index (χ1) is 8.25. The lowest BCUT2D eigenvalue weighted by Gasteiger charge is -2.16. The van der Waals surface area contributed by atoms with Gasteiger partial charge < -0.3 is 15.4 Å². The van der Waals surface area contributed by atoms with Gasteiger partial charge in [0.2, 0.25) is 0 Å². The molecule has 2 N–H and O–H groups in total. The quantitative estimate of drug-likeness (QED) is 0.807. The lowest BCUT2D eigenvalue weighted by atomic mass is 10.0. The largest absolute Gasteiger partial charge is 0.378 e. The van der Waals surface area contributed by atoms with Crippen molar-refractivity contribution in [3.63, 3.8) is 0 Å². The molecule has 1 aliphatic rings. The summed E-state index contributed by atoms with van der Waals surface area (Å²) in [6.07, 6.45) is 1.45. The van der Waals surface area contributed by atoms with Gasteiger partial charge in [0.15, 0.2) is 5.11 Å². The van der Waals surface area contributed by atoms with E-state index in [0.29, 0.717) is 17.1 Å². The molecule has 1 saturated heterocycles. The minimum atomic E-state index is 0.335. The Morgan fingerprint density at radius 1 is 1.41 bits per heavy atom. The fraction of sp³-hybridized carbons (Fsp3) is 0.462. The number of nitrogens with one attached hydrogen (secondary N) is 2. The molecule has 4 heteroatoms. The number of benzene rings is 1. The summed E-state index contributed by atoms with van der Waals surface area (Å²) in [7, 11) is 0. The van der Waals surface area contributed by atoms with Gasteiger partial charge in [-0.25, -0.2) is 0 Å². The lowest BCUT2D eigenvalue weighted by Crippen LogP contribution is -2.34. The Bertz CT molecular complexity index is 369. The van der Waals surface area contributed by atoms with E-state index in [-0.39, 0.29) is 0 Å². The highest BCUT2D eigenvalue weighted by Gasteiger charge is 2.23. The molecule has 2 atom stereocenters. The molecule has 3 nitrogen and oxygen atoms in total. The minimum Gasteiger partial charge on any atom is -0.378 e. The van der Waals surface area contributed by atoms with Crippen molar-refractivity contribution in [2.24, 2.45) is 5.92 Å². The van der Waals surface area contributed by atoms with Crippen LogP contribution in [0.5, 0.6) is 0 Å². The maximum Gasteiger partial charge on any atom is 0.170 e. The Kier molecular flexibility index (Phi) is 4.34. The number of rotatable bonds is 3. The summed E-state index contributed by atoms with van der Waals surface area (Å²) < 4.78 is 5.51. The van der Waals surface area contributed by atoms with Gasteiger partial charge in [-0.3, -0.25) is 0 Å². The van der Waals surface area contributed by atoms with Crippen molar-refractivity contribution in [1.82, 2.24) is 5.32 Å². The number of ether oxygens (including phenoxy) is 1. The summed E-state index contributed by atoms with van der Waals surface area (Å²) in [5.74, 6) is 0.561. The van der Waals surface area contributed by atoms with Gasteiger partial charge in [-0.2, -0.15) is 0 Å². The zero-order chi connectivity index (χ0) is 12.1. The van der Waals surface area contributed by atoms with E-state index in [2.05, 4.69) is 17.6 Å². The van der Waals surface area contributed by atoms with Crippen LogP contribution in [-0.2, 0) is 4.74 Å². The van der Waals surface area contributed by atoms with Crippen molar-refractivity contribution >= 4 is 23.0 Å². The summed E-state index contributed by atoms with van der Waals surface area (Å²) in [5.41, 5.74) is 1.01. The molecular weight excluding hydrogens is 232 g/mol. The minimum absolute atomic E-state index is 0.335. The Morgan fingerprint density at radius 2 is 2.18 bits per heavy atom. The predicted octanol–water partition coefficient (Wildman–Crippen LogP) is 2.40. The third-order valence-electron chi connectivity index (χ3n) is 3.09. The molecule has 0 saturated carbocycles. The second-order valence-corrected chi connectivity index (χ2v) is 4.73. The summed E-state index contributed by atoms with van der Waals surface area (Å²) >= 11 is 5.25. The first-order valence-corrected chi connectivity index (χ1v) is 6.38. The smallest absolute Gasteiger partial charge is 0.170 e. The topological polar surface area (TPSA) is 33.3 Å². The number of hydrogen-bond acceptors (Lipinski definition) is 2. The van der Waals surface area contributed by atoms with E-state index in [1.54, 1.807) is 0 Å². The zero-order valence-corrected chi connectivity index (χ0v) is 10.8. The molecule has 1 aromatic carbocycles. The molecule has 0 radical (unpaired) electrons. The first kappa shape index (κ1) is 12.3. The number of anilines is 1. The van der Waals surface area contributed by atoms with E-state index in [4.69, 9.17) is 17.0 Å². The van der Waals surface area contributed by atoms with Gasteiger partial charge in [0, 0.05) is 24.8 Å². The van der Waals surface area contributed by atoms with Gasteiger partial charge in [-0.15, -0.1) is 0 Å². The van der Waals surface area contributed by atoms with E-state index in [1.807, 2.05) is 30.3 Å². The Hall–Kier alpha value is -1.13. The molecule has 0 amide bonds. The Balaban J connectivity index is 1.74. The molecule has 1 fully saturated rings. The molecule has 1 aromatic rings. The van der Waals surface area contributed by atoms with Gasteiger partial charge >= 0.3 is 0 Å². The highest BCUT2D eigenvalue weighted by molar-refractivity contribution is 7.80. The Morgan fingerprint density at radius 3 is 2.82 bits per heavy atom. The predicted molar refractivity (Wildman–Crippen MR) is 74.2 cm³/mol. The second-order valence-electron chi connectivity index (χ2n) is 4.33. The van der Waals surface area contributed by atoms with Crippen LogP contribution in [0, 0.1) is 5.92 Å². The third kappa shape index (κ3) is 3.68. The van der Waals surface area contributed by atoms with Gasteiger partial charge in [-0.05, 0) is 37.7 Å². The first-order valence-electron chi connectivity index (χ1n) is 5.97. The molecule has 0 aromatic heterocycles. The van der Waals surface area contributed by atoms with Gasteiger partial charge in [0.25, 0.3) is 0 Å². The normalized spacial score (nSPS) is 23.4. The molecule has 2 unspecified atom stereocenters. The van der Waals surface area contributed by atoms with Gasteiger partial charge in [0.05, 0.1) is 6.10 Å². The maximum absolute atomic E-state index is 5.51. The van der Waals surface area contributed by atoms with Crippen LogP contribution in [0.3, 0.4) is 0 Å². The van der Waals surface area contributed by atoms with Crippen molar-refractivity contribution in [2.75, 3.05) is 18.5 Å². The van der Waals surface area contributed by atoms with Crippen LogP contribution in [0.25, 0.3) is 0 Å². The standard InChI is InChI=1S/C13H18N2OS/c1-10-11(7-8-16-10)9-14-13(17)15-12-5-3-2-4-6-12/h2-6,10-11H,7-9H2,1H3,(H2,14,15,17). The average molecular weight is 250 g/mol. The fourth-order valence-corrected chi connectivity index (χ4v) is 2.17. The summed E-state index contributed by atoms with van der Waals surface area (Å²) in [6, 6.07) is 9.94. The molecule has 1 aliphatic heterocycles. The van der Waals surface area contributed by atoms with Crippen molar-refractivity contribution in [3.8, 4) is 0 Å². The summed E-state index contributed by atoms with van der Waals surface area (Å²) in [6.45, 7) is 3.86. The molecule has 0 spiro atoms. The van der Waals surface area contributed by atoms with E-state index in [9.17, 15) is 0 Å². The van der Waals surface area contributed by atoms with Crippen molar-refractivity contribution in [2.45, 2.75) is 19.4 Å². The zero-order valence-electron chi connectivity index (χ0n) is 9.98. The molecule has 1 heterocycles. The fourth-order valence-electron chi connectivity index (χ4n) is 1.96. The van der Waals surface area contributed by atoms with Crippen LogP contribution < -0.4 is 10.6 Å². The van der Waals surface area contributed by atoms with E-state index in [0.717, 1.165) is 25.3 Å². The summed E-state index contributed by atoms with van der Waals surface area (Å²) in [5, 5.41) is 7.08. The van der Waals surface area contributed by atoms with Crippen molar-refractivity contribution < 1.29 is 4.74 Å². The number of thiocarbonyl (C=S) groups is 1. The SMILES string of the molecule is CC1OCCC1CNC(=S)Nc1ccccc1. The van der Waals surface area contributed by atoms with E-state index < -0.39 is 0 Å². The number of hydrogen-bond donors (Lipinski definition) is 2. The molecule has 17 heavy (non-hydrogen) atoms.